The zero-order chi connectivity index (χ0) is 11.6. The Bertz CT molecular complexity index is 265. The Kier molecular flexibility index (Phi) is 3.42. The second-order valence-electron chi connectivity index (χ2n) is 4.77. The molecule has 1 N–H and O–H groups in total. The van der Waals surface area contributed by atoms with E-state index in [0.29, 0.717) is 6.42 Å². The zero-order valence-electron chi connectivity index (χ0n) is 9.35. The molecule has 2 saturated heterocycles. The first-order valence-electron chi connectivity index (χ1n) is 5.96. The number of likely N-dealkylation sites (tertiary alicyclic amines) is 1. The molecule has 92 valence electrons. The summed E-state index contributed by atoms with van der Waals surface area (Å²) >= 11 is 0. The van der Waals surface area contributed by atoms with Crippen molar-refractivity contribution in [3.05, 3.63) is 0 Å². The minimum atomic E-state index is -2.67. The average molecular weight is 232 g/mol. The number of nitrogens with zero attached hydrogens (tertiary/aromatic N) is 1. The van der Waals surface area contributed by atoms with Gasteiger partial charge >= 0.3 is 0 Å². The highest BCUT2D eigenvalue weighted by Gasteiger charge is 2.40. The third-order valence-electron chi connectivity index (χ3n) is 3.36. The lowest BCUT2D eigenvalue weighted by Gasteiger charge is -2.25. The van der Waals surface area contributed by atoms with E-state index in [2.05, 4.69) is 5.32 Å². The molecule has 16 heavy (non-hydrogen) atoms. The van der Waals surface area contributed by atoms with Crippen LogP contribution in [0.5, 0.6) is 0 Å². The van der Waals surface area contributed by atoms with E-state index in [1.165, 1.54) is 4.90 Å². The summed E-state index contributed by atoms with van der Waals surface area (Å²) in [5, 5.41) is 3.26. The summed E-state index contributed by atoms with van der Waals surface area (Å²) in [7, 11) is 0. The fourth-order valence-corrected chi connectivity index (χ4v) is 2.39. The molecule has 0 radical (unpaired) electrons. The fraction of sp³-hybridized carbons (Fsp3) is 0.909. The van der Waals surface area contributed by atoms with Crippen molar-refractivity contribution in [3.8, 4) is 0 Å². The van der Waals surface area contributed by atoms with Gasteiger partial charge in [0.1, 0.15) is 0 Å². The van der Waals surface area contributed by atoms with E-state index in [0.717, 1.165) is 25.8 Å². The van der Waals surface area contributed by atoms with Gasteiger partial charge < -0.3 is 10.2 Å². The van der Waals surface area contributed by atoms with Crippen molar-refractivity contribution in [1.82, 2.24) is 10.2 Å². The number of piperidine rings is 1. The number of rotatable bonds is 2. The molecule has 0 aromatic rings. The van der Waals surface area contributed by atoms with E-state index >= 15 is 0 Å². The molecular formula is C11H18F2N2O. The molecule has 0 spiro atoms. The molecule has 1 unspecified atom stereocenters. The van der Waals surface area contributed by atoms with Crippen LogP contribution >= 0.6 is 0 Å². The number of alkyl halides is 2. The zero-order valence-corrected chi connectivity index (χ0v) is 9.35. The minimum Gasteiger partial charge on any atom is -0.336 e. The maximum absolute atomic E-state index is 12.9. The van der Waals surface area contributed by atoms with Crippen LogP contribution in [-0.4, -0.2) is 42.4 Å². The first kappa shape index (κ1) is 11.8. The van der Waals surface area contributed by atoms with Gasteiger partial charge in [0.2, 0.25) is 5.91 Å². The molecular weight excluding hydrogens is 214 g/mol. The molecule has 1 atom stereocenters. The Morgan fingerprint density at radius 2 is 2.25 bits per heavy atom. The highest BCUT2D eigenvalue weighted by molar-refractivity contribution is 5.77. The van der Waals surface area contributed by atoms with Gasteiger partial charge in [-0.05, 0) is 19.4 Å². The van der Waals surface area contributed by atoms with Crippen LogP contribution in [-0.2, 0) is 4.79 Å². The topological polar surface area (TPSA) is 32.3 Å². The van der Waals surface area contributed by atoms with Crippen molar-refractivity contribution in [2.75, 3.05) is 19.6 Å². The second-order valence-corrected chi connectivity index (χ2v) is 4.77. The number of hydrogen-bond donors (Lipinski definition) is 1. The van der Waals surface area contributed by atoms with Gasteiger partial charge in [0.25, 0.3) is 5.92 Å². The Labute approximate surface area is 94.2 Å². The van der Waals surface area contributed by atoms with Gasteiger partial charge in [-0.2, -0.15) is 0 Å². The highest BCUT2D eigenvalue weighted by Crippen LogP contribution is 2.27. The predicted octanol–water partition coefficient (Wildman–Crippen LogP) is 1.39. The minimum absolute atomic E-state index is 0.128. The monoisotopic (exact) mass is 232 g/mol. The Hall–Kier alpha value is -0.710. The molecule has 0 aliphatic carbocycles. The Morgan fingerprint density at radius 1 is 1.44 bits per heavy atom. The van der Waals surface area contributed by atoms with Crippen LogP contribution in [0.25, 0.3) is 0 Å². The molecule has 1 amide bonds. The van der Waals surface area contributed by atoms with Gasteiger partial charge in [0.15, 0.2) is 0 Å². The molecule has 2 aliphatic heterocycles. The molecule has 0 aromatic heterocycles. The van der Waals surface area contributed by atoms with E-state index in [-0.39, 0.29) is 24.9 Å². The van der Waals surface area contributed by atoms with E-state index in [4.69, 9.17) is 0 Å². The molecule has 2 rings (SSSR count). The maximum Gasteiger partial charge on any atom is 0.267 e. The van der Waals surface area contributed by atoms with E-state index in [1.54, 1.807) is 0 Å². The smallest absolute Gasteiger partial charge is 0.267 e. The number of amides is 1. The SMILES string of the molecule is O=C(CC1CCCCN1)N1CCC(F)(F)C1. The largest absolute Gasteiger partial charge is 0.336 e. The highest BCUT2D eigenvalue weighted by atomic mass is 19.3. The molecule has 2 fully saturated rings. The summed E-state index contributed by atoms with van der Waals surface area (Å²) in [6.45, 7) is 0.755. The first-order valence-corrected chi connectivity index (χ1v) is 5.96. The normalized spacial score (nSPS) is 29.4. The summed E-state index contributed by atoms with van der Waals surface area (Å²) < 4.78 is 25.8. The van der Waals surface area contributed by atoms with Crippen molar-refractivity contribution in [3.63, 3.8) is 0 Å². The van der Waals surface area contributed by atoms with E-state index < -0.39 is 12.5 Å². The van der Waals surface area contributed by atoms with Crippen LogP contribution in [0.15, 0.2) is 0 Å². The van der Waals surface area contributed by atoms with Crippen LogP contribution in [0.2, 0.25) is 0 Å². The van der Waals surface area contributed by atoms with Crippen LogP contribution in [0.4, 0.5) is 8.78 Å². The fourth-order valence-electron chi connectivity index (χ4n) is 2.39. The van der Waals surface area contributed by atoms with Crippen LogP contribution in [0.1, 0.15) is 32.1 Å². The molecule has 2 heterocycles. The lowest BCUT2D eigenvalue weighted by Crippen LogP contribution is -2.40. The number of carbonyl (C=O) groups excluding carboxylic acids is 1. The van der Waals surface area contributed by atoms with E-state index in [1.807, 2.05) is 0 Å². The Morgan fingerprint density at radius 3 is 2.81 bits per heavy atom. The molecule has 0 bridgehead atoms. The first-order chi connectivity index (χ1) is 7.57. The van der Waals surface area contributed by atoms with Crippen LogP contribution in [0.3, 0.4) is 0 Å². The van der Waals surface area contributed by atoms with Crippen molar-refractivity contribution in [1.29, 1.82) is 0 Å². The van der Waals surface area contributed by atoms with Crippen molar-refractivity contribution in [2.45, 2.75) is 44.1 Å². The summed E-state index contributed by atoms with van der Waals surface area (Å²) in [4.78, 5) is 13.1. The third-order valence-corrected chi connectivity index (χ3v) is 3.36. The Balaban J connectivity index is 1.79. The number of nitrogens with one attached hydrogen (secondary N) is 1. The van der Waals surface area contributed by atoms with Crippen molar-refractivity contribution in [2.24, 2.45) is 0 Å². The summed E-state index contributed by atoms with van der Waals surface area (Å²) in [6.07, 6.45) is 3.44. The van der Waals surface area contributed by atoms with Crippen LogP contribution < -0.4 is 5.32 Å². The predicted molar refractivity (Wildman–Crippen MR) is 56.4 cm³/mol. The third kappa shape index (κ3) is 2.90. The number of carbonyl (C=O) groups is 1. The van der Waals surface area contributed by atoms with Gasteiger partial charge in [0, 0.05) is 25.4 Å². The van der Waals surface area contributed by atoms with Crippen molar-refractivity contribution < 1.29 is 13.6 Å². The molecule has 5 heteroatoms. The van der Waals surface area contributed by atoms with Gasteiger partial charge in [-0.25, -0.2) is 8.78 Å². The van der Waals surface area contributed by atoms with Crippen molar-refractivity contribution >= 4 is 5.91 Å². The quantitative estimate of drug-likeness (QED) is 0.780. The van der Waals surface area contributed by atoms with Gasteiger partial charge in [0.05, 0.1) is 6.54 Å². The average Bonchev–Trinajstić information content (AvgIpc) is 2.60. The summed E-state index contributed by atoms with van der Waals surface area (Å²) in [5.41, 5.74) is 0. The summed E-state index contributed by atoms with van der Waals surface area (Å²) in [5.74, 6) is -2.80. The number of halogens is 2. The van der Waals surface area contributed by atoms with Gasteiger partial charge in [-0.15, -0.1) is 0 Å². The summed E-state index contributed by atoms with van der Waals surface area (Å²) in [6, 6.07) is 0.190. The van der Waals surface area contributed by atoms with Crippen LogP contribution in [0, 0.1) is 0 Å². The van der Waals surface area contributed by atoms with E-state index in [9.17, 15) is 13.6 Å². The molecule has 3 nitrogen and oxygen atoms in total. The number of hydrogen-bond acceptors (Lipinski definition) is 2. The lowest BCUT2D eigenvalue weighted by molar-refractivity contribution is -0.132. The second kappa shape index (κ2) is 4.65. The standard InChI is InChI=1S/C11H18F2N2O/c12-11(13)4-6-15(8-11)10(16)7-9-3-1-2-5-14-9/h9,14H,1-8H2. The van der Waals surface area contributed by atoms with Gasteiger partial charge in [-0.1, -0.05) is 6.42 Å². The molecule has 2 aliphatic rings. The molecule has 0 saturated carbocycles. The lowest BCUT2D eigenvalue weighted by atomic mass is 10.0. The maximum atomic E-state index is 12.9. The van der Waals surface area contributed by atoms with Gasteiger partial charge in [-0.3, -0.25) is 4.79 Å². The molecule has 0 aromatic carbocycles.